The van der Waals surface area contributed by atoms with Gasteiger partial charge in [-0.05, 0) is 88.7 Å². The average Bonchev–Trinajstić information content (AvgIpc) is 2.99. The molecule has 0 aromatic heterocycles. The Morgan fingerprint density at radius 3 is 2.20 bits per heavy atom. The van der Waals surface area contributed by atoms with E-state index in [2.05, 4.69) is 13.0 Å². The molecule has 0 aromatic rings. The topological polar surface area (TPSA) is 138 Å². The first-order valence-electron chi connectivity index (χ1n) is 14.7. The Labute approximate surface area is 243 Å². The van der Waals surface area contributed by atoms with Gasteiger partial charge in [0, 0.05) is 29.6 Å². The van der Waals surface area contributed by atoms with Crippen LogP contribution in [0.2, 0.25) is 0 Å². The number of carbonyl (C=O) groups is 4. The van der Waals surface area contributed by atoms with Gasteiger partial charge in [-0.25, -0.2) is 0 Å². The summed E-state index contributed by atoms with van der Waals surface area (Å²) in [7, 11) is 0. The van der Waals surface area contributed by atoms with Crippen molar-refractivity contribution in [3.63, 3.8) is 0 Å². The number of allylic oxidation sites excluding steroid dienone is 2. The van der Waals surface area contributed by atoms with Gasteiger partial charge < -0.3 is 20.1 Å². The van der Waals surface area contributed by atoms with Crippen molar-refractivity contribution in [3.8, 4) is 0 Å². The van der Waals surface area contributed by atoms with Crippen molar-refractivity contribution in [2.75, 3.05) is 0 Å². The second-order valence-electron chi connectivity index (χ2n) is 15.3. The van der Waals surface area contributed by atoms with Crippen LogP contribution in [-0.4, -0.2) is 62.0 Å². The lowest BCUT2D eigenvalue weighted by Gasteiger charge is -2.66. The van der Waals surface area contributed by atoms with Crippen LogP contribution in [0.15, 0.2) is 23.8 Å². The molecule has 0 aromatic carbocycles. The highest BCUT2D eigenvalue weighted by atomic mass is 16.6. The number of aliphatic hydroxyl groups is 3. The van der Waals surface area contributed by atoms with E-state index in [9.17, 15) is 34.5 Å². The molecule has 228 valence electrons. The largest absolute Gasteiger partial charge is 0.456 e. The van der Waals surface area contributed by atoms with Crippen molar-refractivity contribution >= 4 is 23.3 Å². The highest BCUT2D eigenvalue weighted by Gasteiger charge is 2.79. The molecule has 4 aliphatic rings. The van der Waals surface area contributed by atoms with Crippen LogP contribution in [0.5, 0.6) is 0 Å². The second-order valence-corrected chi connectivity index (χ2v) is 15.3. The van der Waals surface area contributed by atoms with Gasteiger partial charge in [-0.3, -0.25) is 19.2 Å². The maximum absolute atomic E-state index is 14.4. The number of ketones is 3. The zero-order valence-electron chi connectivity index (χ0n) is 26.3. The first-order valence-corrected chi connectivity index (χ1v) is 14.7. The lowest BCUT2D eigenvalue weighted by molar-refractivity contribution is -0.208. The molecule has 0 aliphatic heterocycles. The number of aliphatic hydroxyl groups excluding tert-OH is 2. The van der Waals surface area contributed by atoms with E-state index in [0.717, 1.165) is 5.57 Å². The minimum atomic E-state index is -2.05. The van der Waals surface area contributed by atoms with E-state index in [1.807, 2.05) is 27.7 Å². The summed E-state index contributed by atoms with van der Waals surface area (Å²) in [6.07, 6.45) is 3.44. The van der Waals surface area contributed by atoms with Crippen LogP contribution in [0, 0.1) is 38.9 Å². The van der Waals surface area contributed by atoms with Gasteiger partial charge in [0.2, 0.25) is 0 Å². The van der Waals surface area contributed by atoms with Crippen LogP contribution in [0.3, 0.4) is 0 Å². The molecule has 8 heteroatoms. The normalized spacial score (nSPS) is 43.5. The molecule has 0 unspecified atom stereocenters. The molecule has 0 heterocycles. The van der Waals surface area contributed by atoms with Crippen LogP contribution in [0.4, 0.5) is 0 Å². The van der Waals surface area contributed by atoms with Crippen LogP contribution >= 0.6 is 0 Å². The van der Waals surface area contributed by atoms with Crippen molar-refractivity contribution < 1.29 is 39.2 Å². The van der Waals surface area contributed by atoms with Gasteiger partial charge in [0.25, 0.3) is 0 Å². The number of carbonyl (C=O) groups excluding carboxylic acids is 4. The maximum Gasteiger partial charge on any atom is 0.303 e. The number of rotatable bonds is 5. The third-order valence-electron chi connectivity index (χ3n) is 12.6. The van der Waals surface area contributed by atoms with E-state index >= 15 is 0 Å². The third kappa shape index (κ3) is 3.96. The highest BCUT2D eigenvalue weighted by molar-refractivity contribution is 5.98. The monoisotopic (exact) mass is 572 g/mol. The number of hydrogen-bond donors (Lipinski definition) is 3. The van der Waals surface area contributed by atoms with Crippen LogP contribution in [0.25, 0.3) is 0 Å². The quantitative estimate of drug-likeness (QED) is 0.256. The summed E-state index contributed by atoms with van der Waals surface area (Å²) < 4.78 is 5.25. The van der Waals surface area contributed by atoms with Gasteiger partial charge in [0.05, 0.1) is 6.10 Å². The predicted octanol–water partition coefficient (Wildman–Crippen LogP) is 3.89. The summed E-state index contributed by atoms with van der Waals surface area (Å²) in [5, 5.41) is 34.6. The first-order chi connectivity index (χ1) is 18.4. The Balaban J connectivity index is 1.80. The van der Waals surface area contributed by atoms with Crippen molar-refractivity contribution in [1.82, 2.24) is 0 Å². The molecule has 0 radical (unpaired) electrons. The van der Waals surface area contributed by atoms with Gasteiger partial charge in [-0.2, -0.15) is 0 Å². The summed E-state index contributed by atoms with van der Waals surface area (Å²) in [5.74, 6) is -1.99. The maximum atomic E-state index is 14.4. The Morgan fingerprint density at radius 2 is 1.63 bits per heavy atom. The summed E-state index contributed by atoms with van der Waals surface area (Å²) in [6.45, 7) is 17.2. The summed E-state index contributed by atoms with van der Waals surface area (Å²) in [5.41, 5.74) is -7.03. The molecular weight excluding hydrogens is 524 g/mol. The molecule has 0 saturated heterocycles. The molecule has 3 saturated carbocycles. The van der Waals surface area contributed by atoms with Gasteiger partial charge in [-0.15, -0.1) is 0 Å². The number of hydrogen-bond acceptors (Lipinski definition) is 8. The Morgan fingerprint density at radius 1 is 1.05 bits per heavy atom. The fourth-order valence-corrected chi connectivity index (χ4v) is 9.64. The van der Waals surface area contributed by atoms with Crippen molar-refractivity contribution in [1.29, 1.82) is 0 Å². The highest BCUT2D eigenvalue weighted by Crippen LogP contribution is 2.77. The van der Waals surface area contributed by atoms with Crippen molar-refractivity contribution in [2.24, 2.45) is 38.9 Å². The molecule has 8 nitrogen and oxygen atoms in total. The van der Waals surface area contributed by atoms with Gasteiger partial charge in [-0.1, -0.05) is 39.3 Å². The minimum absolute atomic E-state index is 0.0321. The number of esters is 1. The molecule has 0 spiro atoms. The first kappa shape index (κ1) is 31.8. The molecule has 4 aliphatic carbocycles. The van der Waals surface area contributed by atoms with E-state index in [1.54, 1.807) is 20.8 Å². The molecule has 0 amide bonds. The van der Waals surface area contributed by atoms with E-state index in [-0.39, 0.29) is 42.7 Å². The SMILES string of the molecule is CC(=O)OC(C)(C)/C=C/C(=O)[C@](C)(O)[C@@]1(C)[C@H](O)C[C@@]2(C)[C@@H]3CC=C4[C@@H](C[C@H](O)C(=O)C4(C)C)[C@]3(C)C(=O)C[C@]12C. The lowest BCUT2D eigenvalue weighted by Crippen LogP contribution is -2.68. The fourth-order valence-electron chi connectivity index (χ4n) is 9.64. The van der Waals surface area contributed by atoms with E-state index < -0.39 is 62.2 Å². The van der Waals surface area contributed by atoms with E-state index in [1.165, 1.54) is 26.0 Å². The predicted molar refractivity (Wildman–Crippen MR) is 152 cm³/mol. The van der Waals surface area contributed by atoms with Crippen LogP contribution in [0.1, 0.15) is 94.9 Å². The van der Waals surface area contributed by atoms with Crippen LogP contribution in [-0.2, 0) is 23.9 Å². The smallest absolute Gasteiger partial charge is 0.303 e. The molecule has 3 N–H and O–H groups in total. The van der Waals surface area contributed by atoms with Gasteiger partial charge in [0.1, 0.15) is 23.1 Å². The Bertz CT molecular complexity index is 1260. The average molecular weight is 573 g/mol. The second kappa shape index (κ2) is 9.17. The summed E-state index contributed by atoms with van der Waals surface area (Å²) >= 11 is 0. The van der Waals surface area contributed by atoms with Crippen molar-refractivity contribution in [3.05, 3.63) is 23.8 Å². The van der Waals surface area contributed by atoms with E-state index in [0.29, 0.717) is 6.42 Å². The summed E-state index contributed by atoms with van der Waals surface area (Å²) in [6, 6.07) is 0. The minimum Gasteiger partial charge on any atom is -0.456 e. The van der Waals surface area contributed by atoms with Gasteiger partial charge >= 0.3 is 5.97 Å². The molecule has 41 heavy (non-hydrogen) atoms. The number of fused-ring (bicyclic) bond motifs is 5. The molecule has 9 atom stereocenters. The zero-order valence-corrected chi connectivity index (χ0v) is 26.3. The fraction of sp³-hybridized carbons (Fsp3) is 0.758. The van der Waals surface area contributed by atoms with E-state index in [4.69, 9.17) is 4.74 Å². The van der Waals surface area contributed by atoms with Gasteiger partial charge in [0.15, 0.2) is 11.6 Å². The van der Waals surface area contributed by atoms with Crippen molar-refractivity contribution in [2.45, 2.75) is 118 Å². The Kier molecular flexibility index (Phi) is 7.10. The molecular formula is C33H48O8. The Hall–Kier alpha value is -2.16. The third-order valence-corrected chi connectivity index (χ3v) is 12.6. The number of ether oxygens (including phenoxy) is 1. The standard InChI is InChI=1S/C33H48O8/c1-18(34)41-27(2,3)14-13-23(36)33(10,40)32(9)25(38)16-29(6)22-12-11-19-20(15-21(35)26(39)28(19,4)5)31(22,8)24(37)17-30(29,32)7/h11,13-14,20-22,25,35,38,40H,12,15-17H2,1-10H3/b14-13+/t20-,21+,22+,25-,29+,30+,31+,32+,33+/m1/s1. The molecule has 4 rings (SSSR count). The van der Waals surface area contributed by atoms with Crippen LogP contribution < -0.4 is 0 Å². The summed E-state index contributed by atoms with van der Waals surface area (Å²) in [4.78, 5) is 52.5. The number of Topliss-reactive ketones (excluding diaryl/α,β-unsaturated/α-hetero) is 2. The molecule has 0 bridgehead atoms. The lowest BCUT2D eigenvalue weighted by atomic mass is 9.36. The zero-order chi connectivity index (χ0) is 31.4. The molecule has 3 fully saturated rings.